The highest BCUT2D eigenvalue weighted by Gasteiger charge is 2.09. The summed E-state index contributed by atoms with van der Waals surface area (Å²) in [4.78, 5) is 11.8. The smallest absolute Gasteiger partial charge is 0.220 e. The molecule has 0 aromatic heterocycles. The van der Waals surface area contributed by atoms with Crippen LogP contribution in [0.4, 0.5) is 5.69 Å². The van der Waals surface area contributed by atoms with Crippen LogP contribution < -0.4 is 11.1 Å². The largest absolute Gasteiger partial charge is 0.399 e. The van der Waals surface area contributed by atoms with Crippen LogP contribution in [0, 0.1) is 0 Å². The summed E-state index contributed by atoms with van der Waals surface area (Å²) in [6.45, 7) is 0.262. The maximum atomic E-state index is 11.8. The molecular formula is C18H22N2O2. The van der Waals surface area contributed by atoms with Gasteiger partial charge in [-0.3, -0.25) is 4.79 Å². The van der Waals surface area contributed by atoms with Gasteiger partial charge in [0.15, 0.2) is 0 Å². The molecule has 1 atom stereocenters. The fraction of sp³-hybridized carbons (Fsp3) is 0.278. The van der Waals surface area contributed by atoms with Gasteiger partial charge in [-0.1, -0.05) is 48.5 Å². The van der Waals surface area contributed by atoms with Gasteiger partial charge in [0, 0.05) is 25.1 Å². The summed E-state index contributed by atoms with van der Waals surface area (Å²) in [5.74, 6) is -0.0737. The number of nitrogen functional groups attached to an aromatic ring is 1. The number of hydrogen-bond acceptors (Lipinski definition) is 3. The minimum Gasteiger partial charge on any atom is -0.399 e. The first-order valence-corrected chi connectivity index (χ1v) is 7.47. The number of para-hydroxylation sites is 1. The molecule has 0 aliphatic carbocycles. The lowest BCUT2D eigenvalue weighted by Gasteiger charge is -2.12. The number of carbonyl (C=O) groups is 1. The van der Waals surface area contributed by atoms with Crippen molar-refractivity contribution >= 4 is 11.6 Å². The topological polar surface area (TPSA) is 75.4 Å². The third kappa shape index (κ3) is 5.22. The molecule has 1 unspecified atom stereocenters. The van der Waals surface area contributed by atoms with Gasteiger partial charge in [-0.2, -0.15) is 0 Å². The molecule has 4 N–H and O–H groups in total. The molecule has 116 valence electrons. The number of anilines is 1. The van der Waals surface area contributed by atoms with Crippen LogP contribution in [-0.2, 0) is 17.6 Å². The van der Waals surface area contributed by atoms with Crippen molar-refractivity contribution in [2.75, 3.05) is 12.3 Å². The molecule has 22 heavy (non-hydrogen) atoms. The molecule has 0 spiro atoms. The van der Waals surface area contributed by atoms with Gasteiger partial charge < -0.3 is 16.2 Å². The second-order valence-electron chi connectivity index (χ2n) is 5.35. The molecule has 0 radical (unpaired) electrons. The Hall–Kier alpha value is -2.33. The van der Waals surface area contributed by atoms with E-state index in [0.717, 1.165) is 11.1 Å². The molecule has 0 aliphatic rings. The Labute approximate surface area is 131 Å². The van der Waals surface area contributed by atoms with Crippen molar-refractivity contribution in [1.29, 1.82) is 0 Å². The van der Waals surface area contributed by atoms with Crippen molar-refractivity contribution in [2.45, 2.75) is 25.4 Å². The fourth-order valence-electron chi connectivity index (χ4n) is 2.29. The standard InChI is InChI=1S/C18H22N2O2/c19-17-9-5-4-8-15(17)10-11-18(22)20-13-16(21)12-14-6-2-1-3-7-14/h1-9,16,21H,10-13,19H2,(H,20,22). The molecule has 0 saturated heterocycles. The van der Waals surface area contributed by atoms with Gasteiger partial charge in [0.2, 0.25) is 5.91 Å². The number of benzene rings is 2. The molecule has 0 heterocycles. The molecule has 0 aliphatic heterocycles. The first kappa shape index (κ1) is 16.0. The Bertz CT molecular complexity index is 599. The zero-order valence-corrected chi connectivity index (χ0v) is 12.5. The zero-order chi connectivity index (χ0) is 15.8. The molecule has 0 bridgehead atoms. The number of aliphatic hydroxyl groups is 1. The summed E-state index contributed by atoms with van der Waals surface area (Å²) in [6, 6.07) is 17.3. The summed E-state index contributed by atoms with van der Waals surface area (Å²) in [5.41, 5.74) is 8.58. The van der Waals surface area contributed by atoms with E-state index in [1.54, 1.807) is 0 Å². The summed E-state index contributed by atoms with van der Waals surface area (Å²) in [5, 5.41) is 12.7. The van der Waals surface area contributed by atoms with Crippen LogP contribution in [0.15, 0.2) is 54.6 Å². The fourth-order valence-corrected chi connectivity index (χ4v) is 2.29. The molecule has 2 aromatic carbocycles. The van der Waals surface area contributed by atoms with E-state index in [1.165, 1.54) is 0 Å². The lowest BCUT2D eigenvalue weighted by Crippen LogP contribution is -2.33. The minimum absolute atomic E-state index is 0.0737. The number of aliphatic hydroxyl groups excluding tert-OH is 1. The van der Waals surface area contributed by atoms with Crippen LogP contribution in [-0.4, -0.2) is 23.7 Å². The van der Waals surface area contributed by atoms with Crippen molar-refractivity contribution in [3.63, 3.8) is 0 Å². The SMILES string of the molecule is Nc1ccccc1CCC(=O)NCC(O)Cc1ccccc1. The van der Waals surface area contributed by atoms with Crippen LogP contribution in [0.25, 0.3) is 0 Å². The Balaban J connectivity index is 1.70. The van der Waals surface area contributed by atoms with Crippen molar-refractivity contribution in [3.05, 3.63) is 65.7 Å². The highest BCUT2D eigenvalue weighted by Crippen LogP contribution is 2.12. The summed E-state index contributed by atoms with van der Waals surface area (Å²) in [7, 11) is 0. The third-order valence-electron chi connectivity index (χ3n) is 3.53. The molecule has 2 aromatic rings. The predicted molar refractivity (Wildman–Crippen MR) is 88.3 cm³/mol. The van der Waals surface area contributed by atoms with Crippen molar-refractivity contribution in [2.24, 2.45) is 0 Å². The second kappa shape index (κ2) is 8.20. The van der Waals surface area contributed by atoms with Gasteiger partial charge in [-0.05, 0) is 23.6 Å². The Morgan fingerprint density at radius 2 is 1.77 bits per heavy atom. The van der Waals surface area contributed by atoms with Crippen molar-refractivity contribution in [3.8, 4) is 0 Å². The molecular weight excluding hydrogens is 276 g/mol. The number of nitrogens with one attached hydrogen (secondary N) is 1. The van der Waals surface area contributed by atoms with Gasteiger partial charge in [-0.15, -0.1) is 0 Å². The quantitative estimate of drug-likeness (QED) is 0.684. The average Bonchev–Trinajstić information content (AvgIpc) is 2.53. The number of carbonyl (C=O) groups excluding carboxylic acids is 1. The number of nitrogens with two attached hydrogens (primary N) is 1. The number of amides is 1. The van der Waals surface area contributed by atoms with Crippen LogP contribution >= 0.6 is 0 Å². The molecule has 0 fully saturated rings. The molecule has 0 saturated carbocycles. The van der Waals surface area contributed by atoms with E-state index in [-0.39, 0.29) is 12.5 Å². The van der Waals surface area contributed by atoms with Gasteiger partial charge in [0.05, 0.1) is 6.10 Å². The Kier molecular flexibility index (Phi) is 5.98. The normalized spacial score (nSPS) is 11.9. The van der Waals surface area contributed by atoms with E-state index in [9.17, 15) is 9.90 Å². The lowest BCUT2D eigenvalue weighted by atomic mass is 10.1. The van der Waals surface area contributed by atoms with Gasteiger partial charge in [0.25, 0.3) is 0 Å². The second-order valence-corrected chi connectivity index (χ2v) is 5.35. The van der Waals surface area contributed by atoms with E-state index in [2.05, 4.69) is 5.32 Å². The van der Waals surface area contributed by atoms with Crippen LogP contribution in [0.3, 0.4) is 0 Å². The van der Waals surface area contributed by atoms with Crippen LogP contribution in [0.5, 0.6) is 0 Å². The molecule has 2 rings (SSSR count). The predicted octanol–water partition coefficient (Wildman–Crippen LogP) is 1.92. The average molecular weight is 298 g/mol. The minimum atomic E-state index is -0.576. The number of rotatable bonds is 7. The molecule has 4 heteroatoms. The maximum Gasteiger partial charge on any atom is 0.220 e. The van der Waals surface area contributed by atoms with Crippen molar-refractivity contribution < 1.29 is 9.90 Å². The first-order valence-electron chi connectivity index (χ1n) is 7.47. The molecule has 4 nitrogen and oxygen atoms in total. The summed E-state index contributed by atoms with van der Waals surface area (Å²) in [6.07, 6.45) is 0.930. The van der Waals surface area contributed by atoms with E-state index in [0.29, 0.717) is 24.9 Å². The number of aryl methyl sites for hydroxylation is 1. The Morgan fingerprint density at radius 3 is 2.50 bits per heavy atom. The summed E-state index contributed by atoms with van der Waals surface area (Å²) < 4.78 is 0. The van der Waals surface area contributed by atoms with Gasteiger partial charge in [-0.25, -0.2) is 0 Å². The first-order chi connectivity index (χ1) is 10.6. The van der Waals surface area contributed by atoms with E-state index in [1.807, 2.05) is 54.6 Å². The maximum absolute atomic E-state index is 11.8. The van der Waals surface area contributed by atoms with E-state index in [4.69, 9.17) is 5.73 Å². The van der Waals surface area contributed by atoms with Crippen molar-refractivity contribution in [1.82, 2.24) is 5.32 Å². The summed E-state index contributed by atoms with van der Waals surface area (Å²) >= 11 is 0. The Morgan fingerprint density at radius 1 is 1.09 bits per heavy atom. The van der Waals surface area contributed by atoms with Crippen LogP contribution in [0.2, 0.25) is 0 Å². The monoisotopic (exact) mass is 298 g/mol. The molecule has 1 amide bonds. The van der Waals surface area contributed by atoms with E-state index < -0.39 is 6.10 Å². The van der Waals surface area contributed by atoms with E-state index >= 15 is 0 Å². The van der Waals surface area contributed by atoms with Gasteiger partial charge >= 0.3 is 0 Å². The highest BCUT2D eigenvalue weighted by molar-refractivity contribution is 5.76. The number of hydrogen-bond donors (Lipinski definition) is 3. The highest BCUT2D eigenvalue weighted by atomic mass is 16.3. The van der Waals surface area contributed by atoms with Gasteiger partial charge in [0.1, 0.15) is 0 Å². The van der Waals surface area contributed by atoms with Crippen LogP contribution in [0.1, 0.15) is 17.5 Å². The lowest BCUT2D eigenvalue weighted by molar-refractivity contribution is -0.121. The third-order valence-corrected chi connectivity index (χ3v) is 3.53. The zero-order valence-electron chi connectivity index (χ0n) is 12.5.